The maximum Gasteiger partial charge on any atom is 0.309 e. The summed E-state index contributed by atoms with van der Waals surface area (Å²) in [5.74, 6) is -0.519. The van der Waals surface area contributed by atoms with Gasteiger partial charge in [-0.2, -0.15) is 5.26 Å². The molecule has 88 valence electrons. The van der Waals surface area contributed by atoms with Crippen LogP contribution in [0, 0.1) is 11.3 Å². The van der Waals surface area contributed by atoms with E-state index in [2.05, 4.69) is 5.32 Å². The number of carbonyl (C=O) groups is 2. The Bertz CT molecular complexity index is 412. The van der Waals surface area contributed by atoms with Gasteiger partial charge in [0.25, 0.3) is 0 Å². The molecule has 0 saturated heterocycles. The van der Waals surface area contributed by atoms with Gasteiger partial charge < -0.3 is 10.1 Å². The topological polar surface area (TPSA) is 79.2 Å². The van der Waals surface area contributed by atoms with E-state index in [4.69, 9.17) is 10.00 Å². The van der Waals surface area contributed by atoms with Crippen LogP contribution in [-0.4, -0.2) is 18.4 Å². The molecule has 1 rings (SSSR count). The van der Waals surface area contributed by atoms with Crippen molar-refractivity contribution in [2.24, 2.45) is 0 Å². The maximum absolute atomic E-state index is 11.3. The second-order valence-electron chi connectivity index (χ2n) is 3.32. The fourth-order valence-corrected chi connectivity index (χ4v) is 1.19. The van der Waals surface area contributed by atoms with Gasteiger partial charge in [-0.3, -0.25) is 9.59 Å². The molecule has 17 heavy (non-hydrogen) atoms. The van der Waals surface area contributed by atoms with Gasteiger partial charge in [-0.15, -0.1) is 0 Å². The average Bonchev–Trinajstić information content (AvgIpc) is 2.37. The summed E-state index contributed by atoms with van der Waals surface area (Å²) in [6, 6.07) is 10.2. The summed E-state index contributed by atoms with van der Waals surface area (Å²) in [6.45, 7) is 0.166. The summed E-state index contributed by atoms with van der Waals surface area (Å²) in [7, 11) is 0. The van der Waals surface area contributed by atoms with Gasteiger partial charge in [-0.1, -0.05) is 30.3 Å². The highest BCUT2D eigenvalue weighted by Crippen LogP contribution is 2.02. The molecule has 1 unspecified atom stereocenters. The van der Waals surface area contributed by atoms with Crippen molar-refractivity contribution >= 4 is 12.4 Å². The van der Waals surface area contributed by atoms with E-state index < -0.39 is 12.0 Å². The molecule has 0 aliphatic rings. The number of nitriles is 1. The highest BCUT2D eigenvalue weighted by molar-refractivity contribution is 5.71. The predicted molar refractivity (Wildman–Crippen MR) is 59.5 cm³/mol. The minimum Gasteiger partial charge on any atom is -0.461 e. The zero-order valence-electron chi connectivity index (χ0n) is 9.13. The van der Waals surface area contributed by atoms with Crippen LogP contribution in [0.4, 0.5) is 0 Å². The van der Waals surface area contributed by atoms with E-state index in [9.17, 15) is 9.59 Å². The van der Waals surface area contributed by atoms with Gasteiger partial charge in [0.1, 0.15) is 12.6 Å². The third-order valence-corrected chi connectivity index (χ3v) is 2.04. The van der Waals surface area contributed by atoms with Crippen molar-refractivity contribution in [3.8, 4) is 6.07 Å². The SMILES string of the molecule is N#CC(CC(=O)OCc1ccccc1)NC=O. The lowest BCUT2D eigenvalue weighted by molar-refractivity contribution is -0.145. The molecule has 0 aliphatic carbocycles. The van der Waals surface area contributed by atoms with Crippen LogP contribution in [0.5, 0.6) is 0 Å². The molecule has 1 aromatic rings. The van der Waals surface area contributed by atoms with Gasteiger partial charge in [0.15, 0.2) is 0 Å². The number of carbonyl (C=O) groups excluding carboxylic acids is 2. The molecular formula is C12H12N2O3. The van der Waals surface area contributed by atoms with Crippen LogP contribution in [0.15, 0.2) is 30.3 Å². The Morgan fingerprint density at radius 2 is 2.18 bits per heavy atom. The zero-order chi connectivity index (χ0) is 12.5. The van der Waals surface area contributed by atoms with Crippen LogP contribution in [0.1, 0.15) is 12.0 Å². The molecule has 0 bridgehead atoms. The maximum atomic E-state index is 11.3. The van der Waals surface area contributed by atoms with Crippen molar-refractivity contribution in [1.29, 1.82) is 5.26 Å². The van der Waals surface area contributed by atoms with Crippen molar-refractivity contribution in [1.82, 2.24) is 5.32 Å². The number of hydrogen-bond acceptors (Lipinski definition) is 4. The zero-order valence-corrected chi connectivity index (χ0v) is 9.13. The summed E-state index contributed by atoms with van der Waals surface area (Å²) in [5, 5.41) is 10.8. The van der Waals surface area contributed by atoms with Crippen molar-refractivity contribution < 1.29 is 14.3 Å². The molecular weight excluding hydrogens is 220 g/mol. The third kappa shape index (κ3) is 4.80. The molecule has 0 heterocycles. The fraction of sp³-hybridized carbons (Fsp3) is 0.250. The minimum absolute atomic E-state index is 0.151. The second-order valence-corrected chi connectivity index (χ2v) is 3.32. The van der Waals surface area contributed by atoms with E-state index in [0.717, 1.165) is 5.56 Å². The Labute approximate surface area is 99.0 Å². The molecule has 0 radical (unpaired) electrons. The van der Waals surface area contributed by atoms with E-state index in [-0.39, 0.29) is 13.0 Å². The molecule has 1 aromatic carbocycles. The molecule has 0 aromatic heterocycles. The number of ether oxygens (including phenoxy) is 1. The highest BCUT2D eigenvalue weighted by atomic mass is 16.5. The molecule has 0 fully saturated rings. The normalized spacial score (nSPS) is 11.0. The summed E-state index contributed by atoms with van der Waals surface area (Å²) < 4.78 is 4.96. The van der Waals surface area contributed by atoms with Crippen molar-refractivity contribution in [2.75, 3.05) is 0 Å². The van der Waals surface area contributed by atoms with Crippen LogP contribution in [0.3, 0.4) is 0 Å². The molecule has 1 N–H and O–H groups in total. The Kier molecular flexibility index (Phi) is 5.25. The Balaban J connectivity index is 2.35. The van der Waals surface area contributed by atoms with Crippen LogP contribution < -0.4 is 5.32 Å². The van der Waals surface area contributed by atoms with Crippen molar-refractivity contribution in [3.05, 3.63) is 35.9 Å². The van der Waals surface area contributed by atoms with Crippen LogP contribution in [0.2, 0.25) is 0 Å². The number of amides is 1. The first-order valence-electron chi connectivity index (χ1n) is 5.05. The lowest BCUT2D eigenvalue weighted by atomic mass is 10.2. The van der Waals surface area contributed by atoms with Crippen LogP contribution >= 0.6 is 0 Å². The van der Waals surface area contributed by atoms with Crippen molar-refractivity contribution in [2.45, 2.75) is 19.1 Å². The fourth-order valence-electron chi connectivity index (χ4n) is 1.19. The molecule has 5 nitrogen and oxygen atoms in total. The van der Waals surface area contributed by atoms with Gasteiger partial charge in [-0.25, -0.2) is 0 Å². The van der Waals surface area contributed by atoms with E-state index in [0.29, 0.717) is 6.41 Å². The van der Waals surface area contributed by atoms with Crippen molar-refractivity contribution in [3.63, 3.8) is 0 Å². The standard InChI is InChI=1S/C12H12N2O3/c13-7-11(14-9-15)6-12(16)17-8-10-4-2-1-3-5-10/h1-5,9,11H,6,8H2,(H,14,15). The molecule has 5 heteroatoms. The third-order valence-electron chi connectivity index (χ3n) is 2.04. The predicted octanol–water partition coefficient (Wildman–Crippen LogP) is 0.758. The van der Waals surface area contributed by atoms with Crippen LogP contribution in [0.25, 0.3) is 0 Å². The van der Waals surface area contributed by atoms with Gasteiger partial charge in [0, 0.05) is 0 Å². The van der Waals surface area contributed by atoms with Gasteiger partial charge in [-0.05, 0) is 5.56 Å². The Morgan fingerprint density at radius 1 is 1.47 bits per heavy atom. The molecule has 1 atom stereocenters. The molecule has 0 aliphatic heterocycles. The number of hydrogen-bond donors (Lipinski definition) is 1. The Hall–Kier alpha value is -2.35. The first-order chi connectivity index (χ1) is 8.26. The number of esters is 1. The molecule has 0 saturated carbocycles. The number of nitrogens with one attached hydrogen (secondary N) is 1. The largest absolute Gasteiger partial charge is 0.461 e. The summed E-state index contributed by atoms with van der Waals surface area (Å²) >= 11 is 0. The number of benzene rings is 1. The van der Waals surface area contributed by atoms with E-state index in [1.165, 1.54) is 0 Å². The first kappa shape index (κ1) is 12.7. The van der Waals surface area contributed by atoms with E-state index in [1.807, 2.05) is 30.3 Å². The number of nitrogens with zero attached hydrogens (tertiary/aromatic N) is 1. The van der Waals surface area contributed by atoms with Crippen LogP contribution in [-0.2, 0) is 20.9 Å². The lowest BCUT2D eigenvalue weighted by Gasteiger charge is -2.07. The molecule has 1 amide bonds. The van der Waals surface area contributed by atoms with E-state index >= 15 is 0 Å². The van der Waals surface area contributed by atoms with E-state index in [1.54, 1.807) is 6.07 Å². The summed E-state index contributed by atoms with van der Waals surface area (Å²) in [5.41, 5.74) is 0.873. The lowest BCUT2D eigenvalue weighted by Crippen LogP contribution is -2.29. The summed E-state index contributed by atoms with van der Waals surface area (Å²) in [6.07, 6.45) is 0.237. The number of rotatable bonds is 6. The summed E-state index contributed by atoms with van der Waals surface area (Å²) in [4.78, 5) is 21.5. The quantitative estimate of drug-likeness (QED) is 0.580. The first-order valence-corrected chi connectivity index (χ1v) is 5.05. The smallest absolute Gasteiger partial charge is 0.309 e. The van der Waals surface area contributed by atoms with Gasteiger partial charge >= 0.3 is 5.97 Å². The Morgan fingerprint density at radius 3 is 2.76 bits per heavy atom. The monoisotopic (exact) mass is 232 g/mol. The minimum atomic E-state index is -0.837. The molecule has 0 spiro atoms. The van der Waals surface area contributed by atoms with Gasteiger partial charge in [0.2, 0.25) is 6.41 Å². The van der Waals surface area contributed by atoms with Gasteiger partial charge in [0.05, 0.1) is 12.5 Å². The average molecular weight is 232 g/mol. The second kappa shape index (κ2) is 7.01. The highest BCUT2D eigenvalue weighted by Gasteiger charge is 2.13.